The molecule has 1 aromatic carbocycles. The SMILES string of the molecule is CC(C)C(=O)Nc1nc2c(ncn2[C@@H]2O[C@@H]3COP(=O)(O)O[C@@H]4[C@@H](COP(=O)(OCCC#N)O[C@@H]2[C@@H]3O[Si](C)(C)C(C)(C)C)C[C@@H](n2cnc3c(NC(=O)c5ccccc5)ncnc32)[C@@H]4O[Si](C)(C)C(C)(C)C)c(=O)[nH]1. The van der Waals surface area contributed by atoms with E-state index in [1.54, 1.807) is 48.7 Å². The molecule has 2 amide bonds. The van der Waals surface area contributed by atoms with E-state index in [1.807, 2.05) is 73.8 Å². The summed E-state index contributed by atoms with van der Waals surface area (Å²) >= 11 is 0. The molecule has 2 unspecified atom stereocenters. The van der Waals surface area contributed by atoms with Gasteiger partial charge in [-0.2, -0.15) is 10.2 Å². The lowest BCUT2D eigenvalue weighted by Gasteiger charge is -2.41. The molecule has 76 heavy (non-hydrogen) atoms. The second-order valence-electron chi connectivity index (χ2n) is 22.5. The zero-order valence-corrected chi connectivity index (χ0v) is 48.4. The molecule has 8 rings (SSSR count). The Labute approximate surface area is 441 Å². The van der Waals surface area contributed by atoms with E-state index in [0.717, 1.165) is 0 Å². The van der Waals surface area contributed by atoms with Crippen molar-refractivity contribution in [2.24, 2.45) is 11.8 Å². The fourth-order valence-corrected chi connectivity index (χ4v) is 13.6. The number of hydrogen-bond acceptors (Lipinski definition) is 19. The van der Waals surface area contributed by atoms with Crippen molar-refractivity contribution in [1.29, 1.82) is 5.26 Å². The van der Waals surface area contributed by atoms with Crippen LogP contribution in [-0.2, 0) is 50.1 Å². The van der Waals surface area contributed by atoms with Crippen LogP contribution in [0.3, 0.4) is 0 Å². The van der Waals surface area contributed by atoms with Crippen LogP contribution in [-0.4, -0.2) is 123 Å². The first-order valence-corrected chi connectivity index (χ1v) is 33.7. The summed E-state index contributed by atoms with van der Waals surface area (Å²) in [7, 11) is -15.8. The third-order valence-electron chi connectivity index (χ3n) is 14.7. The summed E-state index contributed by atoms with van der Waals surface area (Å²) in [6.45, 7) is 21.8. The zero-order chi connectivity index (χ0) is 55.3. The number of benzene rings is 1. The number of phosphoric ester groups is 2. The van der Waals surface area contributed by atoms with E-state index >= 15 is 4.57 Å². The predicted molar refractivity (Wildman–Crippen MR) is 282 cm³/mol. The van der Waals surface area contributed by atoms with Crippen molar-refractivity contribution >= 4 is 78.2 Å². The average molecular weight is 1130 g/mol. The molecule has 0 spiro atoms. The van der Waals surface area contributed by atoms with Gasteiger partial charge in [0.1, 0.15) is 30.7 Å². The molecule has 4 aromatic heterocycles. The van der Waals surface area contributed by atoms with Gasteiger partial charge in [-0.3, -0.25) is 51.9 Å². The molecule has 2 bridgehead atoms. The van der Waals surface area contributed by atoms with Crippen LogP contribution in [0, 0.1) is 23.2 Å². The van der Waals surface area contributed by atoms with Gasteiger partial charge in [0.15, 0.2) is 51.0 Å². The van der Waals surface area contributed by atoms with Crippen molar-refractivity contribution < 1.29 is 59.8 Å². The fourth-order valence-electron chi connectivity index (χ4n) is 8.52. The van der Waals surface area contributed by atoms with Gasteiger partial charge >= 0.3 is 15.6 Å². The number of fused-ring (bicyclic) bond motifs is 5. The topological polar surface area (TPSA) is 317 Å². The highest BCUT2D eigenvalue weighted by atomic mass is 31.2. The lowest BCUT2D eigenvalue weighted by Crippen LogP contribution is -2.50. The molecule has 0 radical (unpaired) electrons. The second-order valence-corrected chi connectivity index (χ2v) is 35.0. The van der Waals surface area contributed by atoms with Gasteiger partial charge in [-0.25, -0.2) is 29.1 Å². The Balaban J connectivity index is 1.23. The smallest absolute Gasteiger partial charge is 0.409 e. The van der Waals surface area contributed by atoms with Crippen LogP contribution in [0.25, 0.3) is 22.3 Å². The molecule has 3 aliphatic rings. The number of aromatic amines is 1. The Bertz CT molecular complexity index is 3160. The normalized spacial score (nSPS) is 27.9. The maximum atomic E-state index is 15.6. The van der Waals surface area contributed by atoms with Crippen molar-refractivity contribution in [3.8, 4) is 6.07 Å². The Hall–Kier alpha value is -4.92. The monoisotopic (exact) mass is 1130 g/mol. The number of carbonyl (C=O) groups excluding carboxylic acids is 2. The lowest BCUT2D eigenvalue weighted by atomic mass is 10.1. The first kappa shape index (κ1) is 57.3. The Morgan fingerprint density at radius 3 is 2.20 bits per heavy atom. The molecule has 5 aromatic rings. The number of rotatable bonds is 13. The second kappa shape index (κ2) is 21.7. The number of anilines is 2. The fraction of sp³-hybridized carbons (Fsp3) is 0.596. The van der Waals surface area contributed by atoms with Crippen molar-refractivity contribution in [3.05, 3.63) is 65.2 Å². The van der Waals surface area contributed by atoms with Crippen LogP contribution < -0.4 is 16.2 Å². The minimum absolute atomic E-state index is 0.0785. The minimum atomic E-state index is -5.16. The van der Waals surface area contributed by atoms with Crippen LogP contribution in [0.4, 0.5) is 11.8 Å². The van der Waals surface area contributed by atoms with Crippen LogP contribution in [0.2, 0.25) is 36.3 Å². The number of amides is 2. The molecule has 4 N–H and O–H groups in total. The molecule has 1 saturated carbocycles. The van der Waals surface area contributed by atoms with Gasteiger partial charge in [-0.15, -0.1) is 0 Å². The number of nitrogens with zero attached hydrogens (tertiary/aromatic N) is 8. The molecular weight excluding hydrogens is 1060 g/mol. The summed E-state index contributed by atoms with van der Waals surface area (Å²) in [6, 6.07) is 9.81. The van der Waals surface area contributed by atoms with E-state index in [0.29, 0.717) is 11.2 Å². The van der Waals surface area contributed by atoms with Crippen molar-refractivity contribution in [3.63, 3.8) is 0 Å². The molecule has 2 saturated heterocycles. The number of H-pyrrole nitrogens is 1. The minimum Gasteiger partial charge on any atom is -0.409 e. The van der Waals surface area contributed by atoms with Gasteiger partial charge in [0, 0.05) is 17.4 Å². The lowest BCUT2D eigenvalue weighted by molar-refractivity contribution is -0.118. The number of nitriles is 1. The number of hydrogen-bond donors (Lipinski definition) is 4. The summed E-state index contributed by atoms with van der Waals surface area (Å²) in [6.07, 6.45) is -3.90. The van der Waals surface area contributed by atoms with E-state index in [-0.39, 0.29) is 46.3 Å². The highest BCUT2D eigenvalue weighted by molar-refractivity contribution is 7.48. The molecule has 3 fully saturated rings. The van der Waals surface area contributed by atoms with Gasteiger partial charge in [-0.1, -0.05) is 73.6 Å². The number of ether oxygens (including phenoxy) is 1. The van der Waals surface area contributed by atoms with E-state index in [1.165, 1.54) is 23.5 Å². The molecule has 2 aliphatic heterocycles. The van der Waals surface area contributed by atoms with Gasteiger partial charge in [0.05, 0.1) is 57.1 Å². The molecular formula is C47H67N11O14P2Si2. The van der Waals surface area contributed by atoms with Gasteiger partial charge in [0.25, 0.3) is 11.5 Å². The third kappa shape index (κ3) is 12.0. The van der Waals surface area contributed by atoms with Gasteiger partial charge in [-0.05, 0) is 54.8 Å². The van der Waals surface area contributed by atoms with Crippen molar-refractivity contribution in [2.45, 2.75) is 147 Å². The Kier molecular flexibility index (Phi) is 16.4. The molecule has 29 heteroatoms. The molecule has 10 atom stereocenters. The summed E-state index contributed by atoms with van der Waals surface area (Å²) in [4.78, 5) is 76.4. The first-order chi connectivity index (χ1) is 35.5. The van der Waals surface area contributed by atoms with Crippen molar-refractivity contribution in [1.82, 2.24) is 39.0 Å². The summed E-state index contributed by atoms with van der Waals surface area (Å²) in [5, 5.41) is 14.2. The average Bonchev–Trinajstić information content (AvgIpc) is 4.11. The highest BCUT2D eigenvalue weighted by Crippen LogP contribution is 2.59. The summed E-state index contributed by atoms with van der Waals surface area (Å²) in [5.41, 5.74) is 0.00312. The molecule has 6 heterocycles. The predicted octanol–water partition coefficient (Wildman–Crippen LogP) is 8.00. The number of imidazole rings is 2. The Morgan fingerprint density at radius 1 is 0.882 bits per heavy atom. The quantitative estimate of drug-likeness (QED) is 0.0493. The summed E-state index contributed by atoms with van der Waals surface area (Å²) < 4.78 is 85.4. The third-order valence-corrected chi connectivity index (χ3v) is 26.1. The number of aromatic nitrogens is 8. The van der Waals surface area contributed by atoms with E-state index in [9.17, 15) is 29.1 Å². The van der Waals surface area contributed by atoms with Crippen LogP contribution in [0.5, 0.6) is 0 Å². The zero-order valence-electron chi connectivity index (χ0n) is 44.6. The van der Waals surface area contributed by atoms with Gasteiger partial charge < -0.3 is 28.4 Å². The van der Waals surface area contributed by atoms with Gasteiger partial charge in [0.2, 0.25) is 11.9 Å². The van der Waals surface area contributed by atoms with Crippen LogP contribution >= 0.6 is 15.6 Å². The van der Waals surface area contributed by atoms with E-state index < -0.39 is 129 Å². The number of nitrogens with one attached hydrogen (secondary N) is 3. The van der Waals surface area contributed by atoms with Crippen molar-refractivity contribution in [2.75, 3.05) is 30.5 Å². The highest BCUT2D eigenvalue weighted by Gasteiger charge is 2.58. The number of phosphoric acid groups is 2. The standard InChI is InChI=1S/C47H67N11O14P2Si2/c1-27(2)41(59)55-45-54-40-33(43(61)56-45)52-26-58(40)44-37-36(72-76(11,12)47(6,7)8)31(68-44)23-66-73(62,63)69-34-29(22-67-74(64,70-37)65-20-16-19-48)21-30(35(34)71-75(9,10)46(3,4)5)57-25-51-32-38(49-24-50-39(32)57)53-42(60)28-17-14-13-15-18-28/h13-15,17-18,24-27,29-31,34-37,44H,16,20-23H2,1-12H3,(H,62,63)(H,49,50,53,60)(H2,54,55,56,59,61)/t29-,30-,31-,34-,35+,36-,37-,44-,74?/m1/s1. The van der Waals surface area contributed by atoms with E-state index in [2.05, 4.69) is 40.5 Å². The molecule has 1 aliphatic carbocycles. The summed E-state index contributed by atoms with van der Waals surface area (Å²) in [5.74, 6) is -2.31. The largest absolute Gasteiger partial charge is 0.475 e. The maximum absolute atomic E-state index is 15.6. The van der Waals surface area contributed by atoms with Crippen LogP contribution in [0.1, 0.15) is 90.9 Å². The maximum Gasteiger partial charge on any atom is 0.475 e. The molecule has 412 valence electrons. The van der Waals surface area contributed by atoms with E-state index in [4.69, 9.17) is 36.2 Å². The van der Waals surface area contributed by atoms with Crippen LogP contribution in [0.15, 0.2) is 54.1 Å². The Morgan fingerprint density at radius 2 is 1.54 bits per heavy atom. The molecule has 25 nitrogen and oxygen atoms in total. The number of carbonyl (C=O) groups is 2. The first-order valence-electron chi connectivity index (χ1n) is 24.9.